The molecule has 0 heteroatoms. The van der Waals surface area contributed by atoms with Gasteiger partial charge >= 0.3 is 0 Å². The number of benzene rings is 4. The lowest BCUT2D eigenvalue weighted by molar-refractivity contribution is 1.18. The first kappa shape index (κ1) is 20.0. The zero-order chi connectivity index (χ0) is 22.4. The molecule has 0 spiro atoms. The molecule has 0 N–H and O–H groups in total. The maximum atomic E-state index is 2.33. The van der Waals surface area contributed by atoms with Crippen LogP contribution in [0.3, 0.4) is 0 Å². The average Bonchev–Trinajstić information content (AvgIpc) is 3.36. The topological polar surface area (TPSA) is 0 Å². The number of allylic oxidation sites excluding steroid dienone is 4. The Morgan fingerprint density at radius 2 is 0.848 bits per heavy atom. The van der Waals surface area contributed by atoms with E-state index >= 15 is 0 Å². The summed E-state index contributed by atoms with van der Waals surface area (Å²) in [4.78, 5) is 0. The van der Waals surface area contributed by atoms with Crippen LogP contribution in [0.15, 0.2) is 108 Å². The normalized spacial score (nSPS) is 14.6. The van der Waals surface area contributed by atoms with Crippen molar-refractivity contribution >= 4 is 11.1 Å². The number of hydrogen-bond donors (Lipinski definition) is 0. The predicted octanol–water partition coefficient (Wildman–Crippen LogP) is 8.77. The van der Waals surface area contributed by atoms with Crippen LogP contribution in [0.5, 0.6) is 0 Å². The van der Waals surface area contributed by atoms with Gasteiger partial charge in [-0.3, -0.25) is 0 Å². The molecule has 4 aromatic rings. The second-order valence-electron chi connectivity index (χ2n) is 9.44. The molecular formula is C33H28. The Labute approximate surface area is 196 Å². The lowest BCUT2D eigenvalue weighted by Gasteiger charge is -2.14. The molecule has 0 amide bonds. The van der Waals surface area contributed by atoms with Crippen molar-refractivity contribution in [3.05, 3.63) is 130 Å². The van der Waals surface area contributed by atoms with E-state index in [9.17, 15) is 0 Å². The van der Waals surface area contributed by atoms with E-state index in [4.69, 9.17) is 0 Å². The van der Waals surface area contributed by atoms with Gasteiger partial charge in [0.1, 0.15) is 0 Å². The van der Waals surface area contributed by atoms with E-state index in [1.165, 1.54) is 66.8 Å². The minimum absolute atomic E-state index is 1.02. The van der Waals surface area contributed by atoms with Gasteiger partial charge in [0, 0.05) is 0 Å². The van der Waals surface area contributed by atoms with Crippen LogP contribution < -0.4 is 0 Å². The molecule has 0 fully saturated rings. The van der Waals surface area contributed by atoms with E-state index in [2.05, 4.69) is 111 Å². The smallest absolute Gasteiger partial charge is 0.00146 e. The SMILES string of the molecule is CC1=C(CC2=C(C)Cc3c2cccc3-c2ccccc2)c2cccc(-c3ccccc3)c2C1. The van der Waals surface area contributed by atoms with E-state index in [-0.39, 0.29) is 0 Å². The van der Waals surface area contributed by atoms with E-state index in [1.807, 2.05) is 0 Å². The van der Waals surface area contributed by atoms with Crippen LogP contribution >= 0.6 is 0 Å². The highest BCUT2D eigenvalue weighted by Crippen LogP contribution is 2.47. The molecule has 33 heavy (non-hydrogen) atoms. The van der Waals surface area contributed by atoms with Gasteiger partial charge in [-0.1, -0.05) is 108 Å². The van der Waals surface area contributed by atoms with Crippen molar-refractivity contribution in [3.8, 4) is 22.3 Å². The highest BCUT2D eigenvalue weighted by atomic mass is 14.3. The van der Waals surface area contributed by atoms with Crippen molar-refractivity contribution in [2.24, 2.45) is 0 Å². The highest BCUT2D eigenvalue weighted by molar-refractivity contribution is 5.92. The summed E-state index contributed by atoms with van der Waals surface area (Å²) in [5.41, 5.74) is 17.3. The molecule has 160 valence electrons. The van der Waals surface area contributed by atoms with Crippen LogP contribution in [-0.2, 0) is 12.8 Å². The molecular weight excluding hydrogens is 396 g/mol. The lowest BCUT2D eigenvalue weighted by Crippen LogP contribution is -1.92. The Kier molecular flexibility index (Phi) is 4.88. The van der Waals surface area contributed by atoms with E-state index in [0.717, 1.165) is 19.3 Å². The Morgan fingerprint density at radius 1 is 0.455 bits per heavy atom. The first-order chi connectivity index (χ1) is 16.2. The third-order valence-corrected chi connectivity index (χ3v) is 7.44. The van der Waals surface area contributed by atoms with Gasteiger partial charge in [-0.2, -0.15) is 0 Å². The predicted molar refractivity (Wildman–Crippen MR) is 141 cm³/mol. The van der Waals surface area contributed by atoms with Crippen molar-refractivity contribution in [1.29, 1.82) is 0 Å². The van der Waals surface area contributed by atoms with E-state index in [0.29, 0.717) is 0 Å². The molecule has 4 aromatic carbocycles. The molecule has 0 heterocycles. The molecule has 0 atom stereocenters. The molecule has 2 aliphatic carbocycles. The molecule has 0 saturated heterocycles. The minimum atomic E-state index is 1.02. The van der Waals surface area contributed by atoms with Crippen molar-refractivity contribution in [3.63, 3.8) is 0 Å². The van der Waals surface area contributed by atoms with Gasteiger partial charge in [-0.15, -0.1) is 0 Å². The zero-order valence-electron chi connectivity index (χ0n) is 19.4. The Balaban J connectivity index is 1.39. The Hall–Kier alpha value is -3.64. The van der Waals surface area contributed by atoms with Crippen LogP contribution in [-0.4, -0.2) is 0 Å². The minimum Gasteiger partial charge on any atom is -0.0647 e. The summed E-state index contributed by atoms with van der Waals surface area (Å²) in [7, 11) is 0. The van der Waals surface area contributed by atoms with Gasteiger partial charge in [0.05, 0.1) is 0 Å². The molecule has 0 bridgehead atoms. The maximum Gasteiger partial charge on any atom is -0.00146 e. The van der Waals surface area contributed by atoms with Crippen LogP contribution in [0.4, 0.5) is 0 Å². The first-order valence-corrected chi connectivity index (χ1v) is 11.9. The average molecular weight is 425 g/mol. The van der Waals surface area contributed by atoms with Gasteiger partial charge in [-0.25, -0.2) is 0 Å². The largest absolute Gasteiger partial charge is 0.0647 e. The fourth-order valence-corrected chi connectivity index (χ4v) is 5.77. The van der Waals surface area contributed by atoms with Crippen LogP contribution in [0.1, 0.15) is 42.5 Å². The second-order valence-corrected chi connectivity index (χ2v) is 9.44. The molecule has 0 aliphatic heterocycles. The van der Waals surface area contributed by atoms with Gasteiger partial charge in [0.2, 0.25) is 0 Å². The second kappa shape index (κ2) is 8.05. The monoisotopic (exact) mass is 424 g/mol. The third-order valence-electron chi connectivity index (χ3n) is 7.44. The van der Waals surface area contributed by atoms with Gasteiger partial charge in [-0.05, 0) is 88.8 Å². The van der Waals surface area contributed by atoms with Crippen molar-refractivity contribution in [2.75, 3.05) is 0 Å². The fraction of sp³-hybridized carbons (Fsp3) is 0.152. The standard InChI is InChI=1S/C33H28/c1-22-19-32-26(24-11-5-3-6-12-24)15-9-17-28(32)30(22)21-31-23(2)20-33-27(16-10-18-29(31)33)25-13-7-4-8-14-25/h3-18H,19-21H2,1-2H3. The highest BCUT2D eigenvalue weighted by Gasteiger charge is 2.27. The Morgan fingerprint density at radius 3 is 1.27 bits per heavy atom. The summed E-state index contributed by atoms with van der Waals surface area (Å²) < 4.78 is 0. The number of fused-ring (bicyclic) bond motifs is 2. The van der Waals surface area contributed by atoms with Crippen LogP contribution in [0.2, 0.25) is 0 Å². The van der Waals surface area contributed by atoms with E-state index < -0.39 is 0 Å². The van der Waals surface area contributed by atoms with Crippen molar-refractivity contribution < 1.29 is 0 Å². The van der Waals surface area contributed by atoms with E-state index in [1.54, 1.807) is 0 Å². The van der Waals surface area contributed by atoms with Gasteiger partial charge in [0.15, 0.2) is 0 Å². The Bertz CT molecular complexity index is 1300. The summed E-state index contributed by atoms with van der Waals surface area (Å²) in [5.74, 6) is 0. The number of rotatable bonds is 4. The molecule has 0 unspecified atom stereocenters. The summed E-state index contributed by atoms with van der Waals surface area (Å²) in [5, 5.41) is 0. The van der Waals surface area contributed by atoms with Crippen LogP contribution in [0, 0.1) is 0 Å². The summed E-state index contributed by atoms with van der Waals surface area (Å²) in [6.07, 6.45) is 3.13. The fourth-order valence-electron chi connectivity index (χ4n) is 5.77. The van der Waals surface area contributed by atoms with Crippen LogP contribution in [0.25, 0.3) is 33.4 Å². The number of hydrogen-bond acceptors (Lipinski definition) is 0. The first-order valence-electron chi connectivity index (χ1n) is 11.9. The van der Waals surface area contributed by atoms with Crippen molar-refractivity contribution in [2.45, 2.75) is 33.1 Å². The zero-order valence-corrected chi connectivity index (χ0v) is 19.4. The molecule has 0 nitrogen and oxygen atoms in total. The molecule has 6 rings (SSSR count). The summed E-state index contributed by atoms with van der Waals surface area (Å²) in [6.45, 7) is 4.66. The maximum absolute atomic E-state index is 2.33. The van der Waals surface area contributed by atoms with Gasteiger partial charge < -0.3 is 0 Å². The summed E-state index contributed by atoms with van der Waals surface area (Å²) >= 11 is 0. The summed E-state index contributed by atoms with van der Waals surface area (Å²) in [6, 6.07) is 35.4. The van der Waals surface area contributed by atoms with Crippen molar-refractivity contribution in [1.82, 2.24) is 0 Å². The molecule has 0 radical (unpaired) electrons. The quantitative estimate of drug-likeness (QED) is 0.307. The molecule has 0 aromatic heterocycles. The third kappa shape index (κ3) is 3.38. The molecule has 2 aliphatic rings. The lowest BCUT2D eigenvalue weighted by atomic mass is 9.90. The molecule has 0 saturated carbocycles. The van der Waals surface area contributed by atoms with Gasteiger partial charge in [0.25, 0.3) is 0 Å².